The molecule has 2 aromatic carbocycles. The molecule has 0 aliphatic heterocycles. The lowest BCUT2D eigenvalue weighted by molar-refractivity contribution is -0.138. The minimum absolute atomic E-state index is 0.168. The minimum atomic E-state index is -0.729. The lowest BCUT2D eigenvalue weighted by atomic mass is 10.0. The minimum Gasteiger partial charge on any atom is -0.465 e. The summed E-state index contributed by atoms with van der Waals surface area (Å²) in [7, 11) is 1.29. The fraction of sp³-hybridized carbons (Fsp3) is 0.167. The SMILES string of the molecule is CCOC(=O)/C(C#N)=C/Nc1cc2ccccc2cc1C(=O)OC. The zero-order chi connectivity index (χ0) is 17.5. The Kier molecular flexibility index (Phi) is 5.53. The number of methoxy groups -OCH3 is 1. The van der Waals surface area contributed by atoms with Gasteiger partial charge in [-0.2, -0.15) is 5.26 Å². The zero-order valence-electron chi connectivity index (χ0n) is 13.3. The van der Waals surface area contributed by atoms with Gasteiger partial charge in [0.1, 0.15) is 6.07 Å². The first-order valence-electron chi connectivity index (χ1n) is 7.25. The van der Waals surface area contributed by atoms with Crippen LogP contribution in [0.15, 0.2) is 48.2 Å². The van der Waals surface area contributed by atoms with Gasteiger partial charge in [0.25, 0.3) is 0 Å². The van der Waals surface area contributed by atoms with Gasteiger partial charge in [-0.3, -0.25) is 0 Å². The van der Waals surface area contributed by atoms with Crippen molar-refractivity contribution in [1.29, 1.82) is 5.26 Å². The molecule has 0 fully saturated rings. The Labute approximate surface area is 139 Å². The molecule has 0 saturated carbocycles. The van der Waals surface area contributed by atoms with Crippen LogP contribution in [0.1, 0.15) is 17.3 Å². The molecule has 0 aromatic heterocycles. The van der Waals surface area contributed by atoms with Crippen LogP contribution in [0.3, 0.4) is 0 Å². The number of fused-ring (bicyclic) bond motifs is 1. The Bertz CT molecular complexity index is 850. The van der Waals surface area contributed by atoms with Crippen LogP contribution in [-0.2, 0) is 14.3 Å². The van der Waals surface area contributed by atoms with Gasteiger partial charge < -0.3 is 14.8 Å². The maximum absolute atomic E-state index is 12.0. The van der Waals surface area contributed by atoms with Gasteiger partial charge in [0, 0.05) is 6.20 Å². The predicted octanol–water partition coefficient (Wildman–Crippen LogP) is 3.01. The lowest BCUT2D eigenvalue weighted by Crippen LogP contribution is -2.09. The molecule has 0 bridgehead atoms. The van der Waals surface area contributed by atoms with Gasteiger partial charge in [0.15, 0.2) is 5.57 Å². The van der Waals surface area contributed by atoms with E-state index >= 15 is 0 Å². The van der Waals surface area contributed by atoms with Crippen LogP contribution >= 0.6 is 0 Å². The van der Waals surface area contributed by atoms with Crippen LogP contribution in [0.5, 0.6) is 0 Å². The highest BCUT2D eigenvalue weighted by Gasteiger charge is 2.14. The molecule has 2 rings (SSSR count). The van der Waals surface area contributed by atoms with E-state index < -0.39 is 11.9 Å². The molecular formula is C18H16N2O4. The highest BCUT2D eigenvalue weighted by atomic mass is 16.5. The Balaban J connectivity index is 2.44. The van der Waals surface area contributed by atoms with Gasteiger partial charge in [-0.05, 0) is 29.8 Å². The third-order valence-corrected chi connectivity index (χ3v) is 3.28. The first-order chi connectivity index (χ1) is 11.6. The number of ether oxygens (including phenoxy) is 2. The largest absolute Gasteiger partial charge is 0.465 e. The summed E-state index contributed by atoms with van der Waals surface area (Å²) in [6.45, 7) is 1.82. The summed E-state index contributed by atoms with van der Waals surface area (Å²) >= 11 is 0. The van der Waals surface area contributed by atoms with E-state index in [-0.39, 0.29) is 12.2 Å². The summed E-state index contributed by atoms with van der Waals surface area (Å²) < 4.78 is 9.58. The van der Waals surface area contributed by atoms with E-state index in [1.54, 1.807) is 25.1 Å². The Hall–Kier alpha value is -3.33. The average molecular weight is 324 g/mol. The van der Waals surface area contributed by atoms with E-state index in [0.717, 1.165) is 10.8 Å². The number of nitrogens with zero attached hydrogens (tertiary/aromatic N) is 1. The Morgan fingerprint density at radius 1 is 1.25 bits per heavy atom. The van der Waals surface area contributed by atoms with Crippen LogP contribution in [0, 0.1) is 11.3 Å². The summed E-state index contributed by atoms with van der Waals surface area (Å²) in [4.78, 5) is 23.6. The zero-order valence-corrected chi connectivity index (χ0v) is 13.3. The van der Waals surface area contributed by atoms with Crippen molar-refractivity contribution in [2.24, 2.45) is 0 Å². The van der Waals surface area contributed by atoms with E-state index in [0.29, 0.717) is 11.3 Å². The third kappa shape index (κ3) is 3.70. The van der Waals surface area contributed by atoms with Gasteiger partial charge in [-0.1, -0.05) is 24.3 Å². The number of esters is 2. The Morgan fingerprint density at radius 2 is 1.92 bits per heavy atom. The summed E-state index contributed by atoms with van der Waals surface area (Å²) in [6.07, 6.45) is 1.22. The van der Waals surface area contributed by atoms with E-state index in [1.165, 1.54) is 13.3 Å². The molecule has 1 N–H and O–H groups in total. The van der Waals surface area contributed by atoms with Crippen LogP contribution in [0.25, 0.3) is 10.8 Å². The molecule has 122 valence electrons. The van der Waals surface area contributed by atoms with Crippen molar-refractivity contribution >= 4 is 28.4 Å². The van der Waals surface area contributed by atoms with Crippen molar-refractivity contribution in [3.05, 3.63) is 53.7 Å². The van der Waals surface area contributed by atoms with Gasteiger partial charge in [-0.25, -0.2) is 9.59 Å². The molecule has 24 heavy (non-hydrogen) atoms. The first kappa shape index (κ1) is 17.0. The number of anilines is 1. The molecule has 6 nitrogen and oxygen atoms in total. The monoisotopic (exact) mass is 324 g/mol. The van der Waals surface area contributed by atoms with Crippen molar-refractivity contribution in [2.75, 3.05) is 19.0 Å². The molecule has 0 amide bonds. The van der Waals surface area contributed by atoms with Crippen molar-refractivity contribution in [1.82, 2.24) is 0 Å². The summed E-state index contributed by atoms with van der Waals surface area (Å²) in [5.74, 6) is -1.25. The molecule has 0 saturated heterocycles. The number of hydrogen-bond acceptors (Lipinski definition) is 6. The van der Waals surface area contributed by atoms with Crippen molar-refractivity contribution in [3.63, 3.8) is 0 Å². The van der Waals surface area contributed by atoms with Crippen molar-refractivity contribution < 1.29 is 19.1 Å². The van der Waals surface area contributed by atoms with Crippen LogP contribution in [0.4, 0.5) is 5.69 Å². The highest BCUT2D eigenvalue weighted by Crippen LogP contribution is 2.25. The number of rotatable bonds is 5. The highest BCUT2D eigenvalue weighted by molar-refractivity contribution is 6.02. The normalized spacial score (nSPS) is 10.8. The fourth-order valence-electron chi connectivity index (χ4n) is 2.13. The second-order valence-corrected chi connectivity index (χ2v) is 4.77. The molecule has 0 aliphatic carbocycles. The molecule has 0 aliphatic rings. The van der Waals surface area contributed by atoms with Gasteiger partial charge >= 0.3 is 11.9 Å². The number of nitrogens with one attached hydrogen (secondary N) is 1. The van der Waals surface area contributed by atoms with Gasteiger partial charge in [-0.15, -0.1) is 0 Å². The summed E-state index contributed by atoms with van der Waals surface area (Å²) in [5.41, 5.74) is 0.534. The first-order valence-corrected chi connectivity index (χ1v) is 7.25. The maximum atomic E-state index is 12.0. The van der Waals surface area contributed by atoms with Gasteiger partial charge in [0.2, 0.25) is 0 Å². The van der Waals surface area contributed by atoms with E-state index in [9.17, 15) is 9.59 Å². The Morgan fingerprint density at radius 3 is 2.50 bits per heavy atom. The average Bonchev–Trinajstić information content (AvgIpc) is 2.61. The molecule has 0 unspecified atom stereocenters. The number of nitriles is 1. The fourth-order valence-corrected chi connectivity index (χ4v) is 2.13. The smallest absolute Gasteiger partial charge is 0.350 e. The van der Waals surface area contributed by atoms with Gasteiger partial charge in [0.05, 0.1) is 25.0 Å². The number of carbonyl (C=O) groups excluding carboxylic acids is 2. The number of carbonyl (C=O) groups is 2. The number of benzene rings is 2. The lowest BCUT2D eigenvalue weighted by Gasteiger charge is -2.10. The molecule has 0 radical (unpaired) electrons. The third-order valence-electron chi connectivity index (χ3n) is 3.28. The summed E-state index contributed by atoms with van der Waals surface area (Å²) in [6, 6.07) is 12.7. The molecule has 6 heteroatoms. The van der Waals surface area contributed by atoms with Crippen LogP contribution in [-0.4, -0.2) is 25.7 Å². The van der Waals surface area contributed by atoms with E-state index in [4.69, 9.17) is 14.7 Å². The molecule has 2 aromatic rings. The van der Waals surface area contributed by atoms with E-state index in [2.05, 4.69) is 5.32 Å². The molecule has 0 spiro atoms. The molecule has 0 heterocycles. The predicted molar refractivity (Wildman–Crippen MR) is 89.2 cm³/mol. The summed E-state index contributed by atoms with van der Waals surface area (Å²) in [5, 5.41) is 13.6. The van der Waals surface area contributed by atoms with Crippen molar-refractivity contribution in [3.8, 4) is 6.07 Å². The number of hydrogen-bond donors (Lipinski definition) is 1. The van der Waals surface area contributed by atoms with E-state index in [1.807, 2.05) is 24.3 Å². The molecule has 0 atom stereocenters. The van der Waals surface area contributed by atoms with Crippen LogP contribution < -0.4 is 5.32 Å². The van der Waals surface area contributed by atoms with Crippen molar-refractivity contribution in [2.45, 2.75) is 6.92 Å². The molecular weight excluding hydrogens is 308 g/mol. The van der Waals surface area contributed by atoms with Crippen LogP contribution in [0.2, 0.25) is 0 Å². The second-order valence-electron chi connectivity index (χ2n) is 4.77. The quantitative estimate of drug-likeness (QED) is 0.517. The second kappa shape index (κ2) is 7.79. The standard InChI is InChI=1S/C18H16N2O4/c1-3-24-17(21)14(10-19)11-20-16-9-13-7-5-4-6-12(13)8-15(16)18(22)23-2/h4-9,11,20H,3H2,1-2H3/b14-11+. The topological polar surface area (TPSA) is 88.4 Å². The maximum Gasteiger partial charge on any atom is 0.350 e.